The van der Waals surface area contributed by atoms with Gasteiger partial charge in [0.25, 0.3) is 0 Å². The van der Waals surface area contributed by atoms with Crippen molar-refractivity contribution in [3.63, 3.8) is 0 Å². The maximum Gasteiger partial charge on any atom is 0.355 e. The van der Waals surface area contributed by atoms with Crippen LogP contribution in [-0.2, 0) is 24.2 Å². The molecule has 0 aliphatic carbocycles. The van der Waals surface area contributed by atoms with Crippen LogP contribution in [-0.4, -0.2) is 65.4 Å². The van der Waals surface area contributed by atoms with Gasteiger partial charge in [-0.25, -0.2) is 18.2 Å². The van der Waals surface area contributed by atoms with Gasteiger partial charge in [-0.15, -0.1) is 0 Å². The van der Waals surface area contributed by atoms with Gasteiger partial charge in [0.2, 0.25) is 11.7 Å². The third-order valence-electron chi connectivity index (χ3n) is 5.64. The fourth-order valence-electron chi connectivity index (χ4n) is 4.05. The van der Waals surface area contributed by atoms with Gasteiger partial charge in [-0.3, -0.25) is 9.59 Å². The Balaban J connectivity index is 1.50. The van der Waals surface area contributed by atoms with Crippen molar-refractivity contribution in [2.75, 3.05) is 11.5 Å². The Morgan fingerprint density at radius 2 is 2.00 bits per heavy atom. The fourth-order valence-corrected chi connectivity index (χ4v) is 5.74. The lowest BCUT2D eigenvalue weighted by molar-refractivity contribution is -0.139. The minimum absolute atomic E-state index is 0.00768. The Morgan fingerprint density at radius 1 is 1.26 bits per heavy atom. The lowest BCUT2D eigenvalue weighted by atomic mass is 10.0. The predicted molar refractivity (Wildman–Crippen MR) is 113 cm³/mol. The van der Waals surface area contributed by atoms with Gasteiger partial charge in [-0.05, 0) is 26.3 Å². The average Bonchev–Trinajstić information content (AvgIpc) is 3.25. The van der Waals surface area contributed by atoms with Crippen molar-refractivity contribution in [3.8, 4) is 0 Å². The number of aryl methyl sites for hydroxylation is 1. The van der Waals surface area contributed by atoms with Crippen LogP contribution in [0.2, 0.25) is 0 Å². The highest BCUT2D eigenvalue weighted by Crippen LogP contribution is 2.25. The largest absolute Gasteiger partial charge is 0.450 e. The minimum Gasteiger partial charge on any atom is -0.450 e. The van der Waals surface area contributed by atoms with Gasteiger partial charge in [0.05, 0.1) is 17.5 Å². The first kappa shape index (κ1) is 21.2. The molecule has 0 bridgehead atoms. The van der Waals surface area contributed by atoms with Crippen molar-refractivity contribution in [2.45, 2.75) is 45.3 Å². The second-order valence-corrected chi connectivity index (χ2v) is 10.2. The number of nitrogens with one attached hydrogen (secondary N) is 1. The summed E-state index contributed by atoms with van der Waals surface area (Å²) in [5, 5.41) is 5.95. The molecule has 4 rings (SSSR count). The van der Waals surface area contributed by atoms with E-state index in [1.165, 1.54) is 6.92 Å². The summed E-state index contributed by atoms with van der Waals surface area (Å²) in [5.41, 5.74) is 1.98. The summed E-state index contributed by atoms with van der Waals surface area (Å²) in [4.78, 5) is 41.0. The molecule has 0 unspecified atom stereocenters. The molecular weight excluding hydrogens is 422 g/mol. The lowest BCUT2D eigenvalue weighted by Crippen LogP contribution is -2.42. The Bertz CT molecular complexity index is 1210. The second-order valence-electron chi connectivity index (χ2n) is 7.92. The molecule has 164 valence electrons. The molecule has 2 aliphatic heterocycles. The number of hydrogen-bond acceptors (Lipinski definition) is 7. The van der Waals surface area contributed by atoms with Gasteiger partial charge in [-0.1, -0.05) is 18.2 Å². The second kappa shape index (κ2) is 7.92. The predicted octanol–water partition coefficient (Wildman–Crippen LogP) is 1.76. The number of sulfone groups is 1. The van der Waals surface area contributed by atoms with Crippen LogP contribution in [0.25, 0.3) is 10.9 Å². The molecular formula is C21H23N3O6S. The Morgan fingerprint density at radius 3 is 2.71 bits per heavy atom. The van der Waals surface area contributed by atoms with E-state index in [9.17, 15) is 22.8 Å². The van der Waals surface area contributed by atoms with E-state index in [0.717, 1.165) is 15.9 Å². The maximum absolute atomic E-state index is 13.0. The first-order valence-corrected chi connectivity index (χ1v) is 11.9. The van der Waals surface area contributed by atoms with Gasteiger partial charge in [0.15, 0.2) is 15.9 Å². The molecule has 2 aliphatic rings. The topological polar surface area (TPSA) is 126 Å². The molecule has 2 aromatic rings. The van der Waals surface area contributed by atoms with Crippen LogP contribution in [0.3, 0.4) is 0 Å². The fraction of sp³-hybridized carbons (Fsp3) is 0.429. The SMILES string of the molecule is Cc1[nH]c2ccccc2c1C(=O)[C@H](C)OC(=O)C1=NN([C@H]2CCS(=O)(=O)C2)C(=O)CC1. The van der Waals surface area contributed by atoms with Gasteiger partial charge >= 0.3 is 5.97 Å². The van der Waals surface area contributed by atoms with Crippen molar-refractivity contribution in [1.82, 2.24) is 9.99 Å². The number of carbonyl (C=O) groups is 3. The third-order valence-corrected chi connectivity index (χ3v) is 7.39. The Labute approximate surface area is 179 Å². The number of aromatic amines is 1. The standard InChI is InChI=1S/C21H23N3O6S/c1-12-19(15-5-3-4-6-16(15)22-12)20(26)13(2)30-21(27)17-7-8-18(25)24(23-17)14-9-10-31(28,29)11-14/h3-6,13-14,22H,7-11H2,1-2H3/t13-,14-/m0/s1. The van der Waals surface area contributed by atoms with Crippen molar-refractivity contribution >= 4 is 44.1 Å². The van der Waals surface area contributed by atoms with Gasteiger partial charge in [0.1, 0.15) is 5.71 Å². The lowest BCUT2D eigenvalue weighted by Gasteiger charge is -2.27. The number of hydrogen-bond donors (Lipinski definition) is 1. The number of carbonyl (C=O) groups excluding carboxylic acids is 3. The molecule has 1 aromatic carbocycles. The number of hydrazone groups is 1. The molecule has 2 atom stereocenters. The van der Waals surface area contributed by atoms with Crippen molar-refractivity contribution in [3.05, 3.63) is 35.5 Å². The highest BCUT2D eigenvalue weighted by molar-refractivity contribution is 7.91. The number of amides is 1. The smallest absolute Gasteiger partial charge is 0.355 e. The number of rotatable bonds is 5. The van der Waals surface area contributed by atoms with E-state index in [2.05, 4.69) is 10.1 Å². The molecule has 10 heteroatoms. The summed E-state index contributed by atoms with van der Waals surface area (Å²) in [5.74, 6) is -1.62. The summed E-state index contributed by atoms with van der Waals surface area (Å²) < 4.78 is 28.9. The normalized spacial score (nSPS) is 21.7. The Kier molecular flexibility index (Phi) is 5.42. The van der Waals surface area contributed by atoms with Crippen molar-refractivity contribution in [1.29, 1.82) is 0 Å². The monoisotopic (exact) mass is 445 g/mol. The molecule has 1 saturated heterocycles. The Hall–Kier alpha value is -3.01. The zero-order valence-electron chi connectivity index (χ0n) is 17.3. The van der Waals surface area contributed by atoms with E-state index in [-0.39, 0.29) is 48.2 Å². The molecule has 31 heavy (non-hydrogen) atoms. The minimum atomic E-state index is -3.21. The first-order valence-electron chi connectivity index (χ1n) is 10.1. The number of ether oxygens (including phenoxy) is 1. The van der Waals surface area contributed by atoms with Crippen LogP contribution in [0.4, 0.5) is 0 Å². The number of aromatic nitrogens is 1. The molecule has 0 saturated carbocycles. The van der Waals surface area contributed by atoms with E-state index < -0.39 is 28.0 Å². The molecule has 3 heterocycles. The van der Waals surface area contributed by atoms with Crippen LogP contribution < -0.4 is 0 Å². The molecule has 0 radical (unpaired) electrons. The number of para-hydroxylation sites is 1. The molecule has 1 fully saturated rings. The summed E-state index contributed by atoms with van der Waals surface area (Å²) in [7, 11) is -3.21. The summed E-state index contributed by atoms with van der Waals surface area (Å²) in [6, 6.07) is 6.80. The highest BCUT2D eigenvalue weighted by atomic mass is 32.2. The summed E-state index contributed by atoms with van der Waals surface area (Å²) in [6.45, 7) is 3.28. The quantitative estimate of drug-likeness (QED) is 0.552. The average molecular weight is 445 g/mol. The number of nitrogens with zero attached hydrogens (tertiary/aromatic N) is 2. The third kappa shape index (κ3) is 4.12. The molecule has 1 aromatic heterocycles. The maximum atomic E-state index is 13.0. The van der Waals surface area contributed by atoms with Crippen molar-refractivity contribution < 1.29 is 27.5 Å². The van der Waals surface area contributed by atoms with Gasteiger partial charge in [-0.2, -0.15) is 5.10 Å². The number of H-pyrrole nitrogens is 1. The van der Waals surface area contributed by atoms with E-state index in [4.69, 9.17) is 4.74 Å². The van der Waals surface area contributed by atoms with E-state index in [1.807, 2.05) is 24.3 Å². The zero-order chi connectivity index (χ0) is 22.3. The zero-order valence-corrected chi connectivity index (χ0v) is 18.1. The number of ketones is 1. The van der Waals surface area contributed by atoms with Gasteiger partial charge in [0, 0.05) is 35.0 Å². The number of esters is 1. The van der Waals surface area contributed by atoms with Crippen LogP contribution in [0.1, 0.15) is 42.2 Å². The van der Waals surface area contributed by atoms with Gasteiger partial charge < -0.3 is 9.72 Å². The van der Waals surface area contributed by atoms with E-state index in [1.54, 1.807) is 6.92 Å². The van der Waals surface area contributed by atoms with E-state index >= 15 is 0 Å². The number of Topliss-reactive ketones (excluding diaryl/α,β-unsaturated/α-hetero) is 1. The molecule has 9 nitrogen and oxygen atoms in total. The van der Waals surface area contributed by atoms with Crippen molar-refractivity contribution in [2.24, 2.45) is 5.10 Å². The number of benzene rings is 1. The van der Waals surface area contributed by atoms with Crippen LogP contribution >= 0.6 is 0 Å². The van der Waals surface area contributed by atoms with Crippen LogP contribution in [0.15, 0.2) is 29.4 Å². The van der Waals surface area contributed by atoms with E-state index in [0.29, 0.717) is 11.3 Å². The van der Waals surface area contributed by atoms with Crippen LogP contribution in [0.5, 0.6) is 0 Å². The number of fused-ring (bicyclic) bond motifs is 1. The highest BCUT2D eigenvalue weighted by Gasteiger charge is 2.38. The molecule has 0 spiro atoms. The van der Waals surface area contributed by atoms with Crippen LogP contribution in [0, 0.1) is 6.92 Å². The molecule has 1 N–H and O–H groups in total. The molecule has 1 amide bonds. The summed E-state index contributed by atoms with van der Waals surface area (Å²) >= 11 is 0. The first-order chi connectivity index (χ1) is 14.7. The summed E-state index contributed by atoms with van der Waals surface area (Å²) in [6.07, 6.45) is -0.644.